The maximum Gasteiger partial charge on any atom is 0.325 e. The van der Waals surface area contributed by atoms with Crippen LogP contribution in [-0.2, 0) is 9.53 Å². The van der Waals surface area contributed by atoms with Crippen LogP contribution in [0, 0.1) is 0 Å². The molecule has 2 aliphatic rings. The molecule has 0 bridgehead atoms. The van der Waals surface area contributed by atoms with E-state index in [-0.39, 0.29) is 24.6 Å². The minimum absolute atomic E-state index is 0.0195. The van der Waals surface area contributed by atoms with E-state index in [9.17, 15) is 14.7 Å². The lowest BCUT2D eigenvalue weighted by Gasteiger charge is -2.35. The van der Waals surface area contributed by atoms with Gasteiger partial charge in [-0.3, -0.25) is 14.6 Å². The fourth-order valence-corrected chi connectivity index (χ4v) is 2.40. The van der Waals surface area contributed by atoms with Gasteiger partial charge in [-0.25, -0.2) is 4.79 Å². The summed E-state index contributed by atoms with van der Waals surface area (Å²) in [5.74, 6) is -0.202. The van der Waals surface area contributed by atoms with Crippen molar-refractivity contribution in [2.45, 2.75) is 25.4 Å². The number of nitrogens with one attached hydrogen (secondary N) is 1. The molecule has 0 aromatic carbocycles. The van der Waals surface area contributed by atoms with E-state index in [1.54, 1.807) is 13.8 Å². The Bertz CT molecular complexity index is 372. The molecule has 7 heteroatoms. The summed E-state index contributed by atoms with van der Waals surface area (Å²) < 4.78 is 5.29. The maximum absolute atomic E-state index is 12.0. The summed E-state index contributed by atoms with van der Waals surface area (Å²) in [6.07, 6.45) is 0. The van der Waals surface area contributed by atoms with Gasteiger partial charge >= 0.3 is 6.03 Å². The number of hydrogen-bond donors (Lipinski definition) is 2. The fraction of sp³-hybridized carbons (Fsp3) is 0.833. The molecule has 2 N–H and O–H groups in total. The van der Waals surface area contributed by atoms with Gasteiger partial charge in [-0.05, 0) is 13.8 Å². The zero-order valence-electron chi connectivity index (χ0n) is 11.4. The molecule has 2 saturated heterocycles. The Kier molecular flexibility index (Phi) is 4.07. The summed E-state index contributed by atoms with van der Waals surface area (Å²) in [4.78, 5) is 27.0. The Morgan fingerprint density at radius 3 is 2.74 bits per heavy atom. The number of imide groups is 1. The van der Waals surface area contributed by atoms with Gasteiger partial charge in [-0.2, -0.15) is 0 Å². The number of rotatable bonds is 4. The Morgan fingerprint density at radius 1 is 1.42 bits per heavy atom. The second kappa shape index (κ2) is 5.44. The first-order valence-electron chi connectivity index (χ1n) is 6.52. The number of aliphatic hydroxyl groups is 1. The molecule has 19 heavy (non-hydrogen) atoms. The van der Waals surface area contributed by atoms with Crippen LogP contribution in [0.3, 0.4) is 0 Å². The lowest BCUT2D eigenvalue weighted by Crippen LogP contribution is -2.50. The van der Waals surface area contributed by atoms with E-state index in [0.717, 1.165) is 0 Å². The summed E-state index contributed by atoms with van der Waals surface area (Å²) in [6.45, 7) is 6.11. The van der Waals surface area contributed by atoms with Gasteiger partial charge in [0.1, 0.15) is 5.54 Å². The molecule has 0 aromatic rings. The van der Waals surface area contributed by atoms with Crippen molar-refractivity contribution in [2.75, 3.05) is 39.5 Å². The summed E-state index contributed by atoms with van der Waals surface area (Å²) >= 11 is 0. The monoisotopic (exact) mass is 271 g/mol. The Morgan fingerprint density at radius 2 is 2.16 bits per heavy atom. The second-order valence-electron chi connectivity index (χ2n) is 5.46. The molecule has 108 valence electrons. The number of urea groups is 1. The summed E-state index contributed by atoms with van der Waals surface area (Å²) in [5, 5.41) is 11.9. The third kappa shape index (κ3) is 2.88. The van der Waals surface area contributed by atoms with Gasteiger partial charge in [0, 0.05) is 19.6 Å². The first-order valence-corrected chi connectivity index (χ1v) is 6.52. The Labute approximate surface area is 112 Å². The van der Waals surface area contributed by atoms with Crippen molar-refractivity contribution in [3.8, 4) is 0 Å². The van der Waals surface area contributed by atoms with E-state index in [0.29, 0.717) is 32.8 Å². The minimum Gasteiger partial charge on any atom is -0.395 e. The molecule has 2 aliphatic heterocycles. The largest absolute Gasteiger partial charge is 0.395 e. The number of hydrogen-bond acceptors (Lipinski definition) is 5. The highest BCUT2D eigenvalue weighted by Gasteiger charge is 2.44. The number of ether oxygens (including phenoxy) is 1. The molecular weight excluding hydrogens is 250 g/mol. The van der Waals surface area contributed by atoms with Crippen LogP contribution in [0.2, 0.25) is 0 Å². The summed E-state index contributed by atoms with van der Waals surface area (Å²) in [6, 6.07) is -0.397. The van der Waals surface area contributed by atoms with Gasteiger partial charge in [0.25, 0.3) is 5.91 Å². The molecule has 0 radical (unpaired) electrons. The molecular formula is C12H21N3O4. The van der Waals surface area contributed by atoms with Crippen LogP contribution in [0.5, 0.6) is 0 Å². The number of aliphatic hydroxyl groups excluding tert-OH is 1. The van der Waals surface area contributed by atoms with Crippen LogP contribution in [0.4, 0.5) is 4.79 Å². The first kappa shape index (κ1) is 14.2. The molecule has 2 heterocycles. The van der Waals surface area contributed by atoms with Crippen molar-refractivity contribution in [3.63, 3.8) is 0 Å². The van der Waals surface area contributed by atoms with Crippen molar-refractivity contribution in [1.29, 1.82) is 0 Å². The van der Waals surface area contributed by atoms with Gasteiger partial charge in [0.05, 0.1) is 25.9 Å². The van der Waals surface area contributed by atoms with Crippen molar-refractivity contribution in [1.82, 2.24) is 15.1 Å². The zero-order valence-corrected chi connectivity index (χ0v) is 11.4. The van der Waals surface area contributed by atoms with Crippen LogP contribution >= 0.6 is 0 Å². The quantitative estimate of drug-likeness (QED) is 0.642. The molecule has 0 saturated carbocycles. The minimum atomic E-state index is -0.821. The van der Waals surface area contributed by atoms with Crippen LogP contribution in [0.15, 0.2) is 0 Å². The Hall–Kier alpha value is -1.18. The third-order valence-electron chi connectivity index (χ3n) is 3.62. The highest BCUT2D eigenvalue weighted by Crippen LogP contribution is 2.16. The molecule has 7 nitrogen and oxygen atoms in total. The van der Waals surface area contributed by atoms with E-state index >= 15 is 0 Å². The van der Waals surface area contributed by atoms with Crippen molar-refractivity contribution >= 4 is 11.9 Å². The normalized spacial score (nSPS) is 27.7. The topological polar surface area (TPSA) is 82.1 Å². The SMILES string of the molecule is CC1(C)NC(=O)N(CCN2CCOCC2CO)C1=O. The van der Waals surface area contributed by atoms with Gasteiger partial charge in [-0.1, -0.05) is 0 Å². The third-order valence-corrected chi connectivity index (χ3v) is 3.62. The van der Waals surface area contributed by atoms with Crippen molar-refractivity contribution < 1.29 is 19.4 Å². The van der Waals surface area contributed by atoms with Crippen LogP contribution in [0.25, 0.3) is 0 Å². The molecule has 3 amide bonds. The highest BCUT2D eigenvalue weighted by atomic mass is 16.5. The second-order valence-corrected chi connectivity index (χ2v) is 5.46. The van der Waals surface area contributed by atoms with Crippen molar-refractivity contribution in [3.05, 3.63) is 0 Å². The highest BCUT2D eigenvalue weighted by molar-refractivity contribution is 6.06. The lowest BCUT2D eigenvalue weighted by atomic mass is 10.1. The van der Waals surface area contributed by atoms with E-state index in [1.807, 2.05) is 0 Å². The molecule has 2 fully saturated rings. The van der Waals surface area contributed by atoms with E-state index in [1.165, 1.54) is 4.90 Å². The summed E-state index contributed by atoms with van der Waals surface area (Å²) in [7, 11) is 0. The molecule has 0 aliphatic carbocycles. The number of carbonyl (C=O) groups is 2. The molecule has 1 unspecified atom stereocenters. The average molecular weight is 271 g/mol. The van der Waals surface area contributed by atoms with Crippen LogP contribution < -0.4 is 5.32 Å². The number of morpholine rings is 1. The van der Waals surface area contributed by atoms with E-state index in [2.05, 4.69) is 10.2 Å². The van der Waals surface area contributed by atoms with Crippen molar-refractivity contribution in [2.24, 2.45) is 0 Å². The van der Waals surface area contributed by atoms with Gasteiger partial charge in [0.2, 0.25) is 0 Å². The number of amides is 3. The summed E-state index contributed by atoms with van der Waals surface area (Å²) in [5.41, 5.74) is -0.821. The number of carbonyl (C=O) groups excluding carboxylic acids is 2. The average Bonchev–Trinajstić information content (AvgIpc) is 2.57. The molecule has 2 rings (SSSR count). The van der Waals surface area contributed by atoms with Gasteiger partial charge < -0.3 is 15.2 Å². The maximum atomic E-state index is 12.0. The van der Waals surface area contributed by atoms with E-state index in [4.69, 9.17) is 4.74 Å². The van der Waals surface area contributed by atoms with Gasteiger partial charge in [0.15, 0.2) is 0 Å². The first-order chi connectivity index (χ1) is 8.95. The predicted octanol–water partition coefficient (Wildman–Crippen LogP) is -0.990. The van der Waals surface area contributed by atoms with Crippen LogP contribution in [-0.4, -0.2) is 77.9 Å². The Balaban J connectivity index is 1.91. The van der Waals surface area contributed by atoms with E-state index < -0.39 is 5.54 Å². The number of nitrogens with zero attached hydrogens (tertiary/aromatic N) is 2. The molecule has 0 spiro atoms. The van der Waals surface area contributed by atoms with Crippen LogP contribution in [0.1, 0.15) is 13.8 Å². The standard InChI is InChI=1S/C12H21N3O4/c1-12(2)10(17)15(11(18)13-12)4-3-14-5-6-19-8-9(14)7-16/h9,16H,3-8H2,1-2H3,(H,13,18). The lowest BCUT2D eigenvalue weighted by molar-refractivity contribution is -0.130. The van der Waals surface area contributed by atoms with Gasteiger partial charge in [-0.15, -0.1) is 0 Å². The fourth-order valence-electron chi connectivity index (χ4n) is 2.40. The molecule has 1 atom stereocenters. The smallest absolute Gasteiger partial charge is 0.325 e. The predicted molar refractivity (Wildman–Crippen MR) is 67.6 cm³/mol. The molecule has 0 aromatic heterocycles. The zero-order chi connectivity index (χ0) is 14.0.